The van der Waals surface area contributed by atoms with Gasteiger partial charge >= 0.3 is 6.16 Å². The fourth-order valence-corrected chi connectivity index (χ4v) is 1.25. The van der Waals surface area contributed by atoms with Gasteiger partial charge in [0.15, 0.2) is 11.5 Å². The van der Waals surface area contributed by atoms with E-state index >= 15 is 0 Å². The van der Waals surface area contributed by atoms with Crippen LogP contribution < -0.4 is 4.74 Å². The number of hydrogen-bond acceptors (Lipinski definition) is 3. The maximum absolute atomic E-state index is 10.3. The Bertz CT molecular complexity index is 387. The molecule has 0 atom stereocenters. The van der Waals surface area contributed by atoms with Gasteiger partial charge in [0, 0.05) is 11.1 Å². The number of aromatic hydroxyl groups is 1. The first-order chi connectivity index (χ1) is 6.43. The zero-order chi connectivity index (χ0) is 10.9. The molecule has 0 aliphatic heterocycles. The summed E-state index contributed by atoms with van der Waals surface area (Å²) in [4.78, 5) is 10.3. The summed E-state index contributed by atoms with van der Waals surface area (Å²) in [5.41, 5.74) is 1.20. The average Bonchev–Trinajstić information content (AvgIpc) is 2.10. The molecule has 5 heteroatoms. The Morgan fingerprint density at radius 3 is 2.50 bits per heavy atom. The zero-order valence-electron chi connectivity index (χ0n) is 7.67. The fourth-order valence-electron chi connectivity index (χ4n) is 1.01. The summed E-state index contributed by atoms with van der Waals surface area (Å²) in [6.45, 7) is 3.35. The number of ether oxygens (including phenoxy) is 1. The molecule has 0 heterocycles. The van der Waals surface area contributed by atoms with Gasteiger partial charge in [-0.3, -0.25) is 0 Å². The Kier molecular flexibility index (Phi) is 2.86. The highest BCUT2D eigenvalue weighted by Crippen LogP contribution is 2.36. The summed E-state index contributed by atoms with van der Waals surface area (Å²) in [5, 5.41) is 18.2. The van der Waals surface area contributed by atoms with Crippen LogP contribution in [0.2, 0.25) is 5.02 Å². The number of rotatable bonds is 1. The highest BCUT2D eigenvalue weighted by atomic mass is 35.5. The van der Waals surface area contributed by atoms with E-state index in [1.54, 1.807) is 13.8 Å². The Morgan fingerprint density at radius 1 is 1.43 bits per heavy atom. The molecule has 0 aliphatic rings. The highest BCUT2D eigenvalue weighted by Gasteiger charge is 2.13. The van der Waals surface area contributed by atoms with Crippen molar-refractivity contribution in [3.05, 3.63) is 22.2 Å². The molecule has 0 fully saturated rings. The van der Waals surface area contributed by atoms with Crippen molar-refractivity contribution >= 4 is 17.8 Å². The summed E-state index contributed by atoms with van der Waals surface area (Å²) in [6, 6.07) is 1.27. The van der Waals surface area contributed by atoms with Gasteiger partial charge in [-0.15, -0.1) is 0 Å². The van der Waals surface area contributed by atoms with Crippen molar-refractivity contribution in [2.75, 3.05) is 0 Å². The number of hydrogen-bond donors (Lipinski definition) is 2. The van der Waals surface area contributed by atoms with Gasteiger partial charge in [-0.05, 0) is 25.0 Å². The number of benzene rings is 1. The van der Waals surface area contributed by atoms with Gasteiger partial charge in [0.2, 0.25) is 0 Å². The largest absolute Gasteiger partial charge is 0.511 e. The zero-order valence-corrected chi connectivity index (χ0v) is 8.42. The Labute approximate surface area is 85.7 Å². The lowest BCUT2D eigenvalue weighted by molar-refractivity contribution is 0.143. The van der Waals surface area contributed by atoms with E-state index in [0.29, 0.717) is 16.1 Å². The molecule has 1 aromatic carbocycles. The van der Waals surface area contributed by atoms with Crippen LogP contribution in [0.4, 0.5) is 4.79 Å². The molecular formula is C9H9ClO4. The molecule has 0 saturated heterocycles. The van der Waals surface area contributed by atoms with E-state index in [-0.39, 0.29) is 11.5 Å². The lowest BCUT2D eigenvalue weighted by Crippen LogP contribution is -2.04. The Hall–Kier alpha value is -1.42. The van der Waals surface area contributed by atoms with Crippen LogP contribution >= 0.6 is 11.6 Å². The van der Waals surface area contributed by atoms with Crippen molar-refractivity contribution in [1.29, 1.82) is 0 Å². The third-order valence-corrected chi connectivity index (χ3v) is 2.36. The maximum Gasteiger partial charge on any atom is 0.511 e. The molecule has 0 radical (unpaired) electrons. The van der Waals surface area contributed by atoms with Crippen LogP contribution in [0.5, 0.6) is 11.5 Å². The lowest BCUT2D eigenvalue weighted by Gasteiger charge is -2.09. The summed E-state index contributed by atoms with van der Waals surface area (Å²) in [6.07, 6.45) is -1.49. The third kappa shape index (κ3) is 1.90. The molecule has 76 valence electrons. The van der Waals surface area contributed by atoms with E-state index in [1.165, 1.54) is 6.07 Å². The second-order valence-corrected chi connectivity index (χ2v) is 3.23. The van der Waals surface area contributed by atoms with Crippen LogP contribution in [0, 0.1) is 13.8 Å². The Morgan fingerprint density at radius 2 is 2.00 bits per heavy atom. The number of carbonyl (C=O) groups is 1. The minimum absolute atomic E-state index is 0.148. The molecule has 0 aromatic heterocycles. The number of carboxylic acid groups (broad SMARTS) is 1. The second kappa shape index (κ2) is 3.75. The smallest absolute Gasteiger partial charge is 0.504 e. The molecule has 1 aromatic rings. The molecule has 0 amide bonds. The van der Waals surface area contributed by atoms with Gasteiger partial charge in [0.1, 0.15) is 0 Å². The van der Waals surface area contributed by atoms with Gasteiger partial charge in [-0.2, -0.15) is 0 Å². The molecule has 1 rings (SSSR count). The minimum Gasteiger partial charge on any atom is -0.504 e. The van der Waals surface area contributed by atoms with Crippen molar-refractivity contribution in [2.45, 2.75) is 13.8 Å². The molecule has 14 heavy (non-hydrogen) atoms. The average molecular weight is 217 g/mol. The molecule has 4 nitrogen and oxygen atoms in total. The number of halogens is 1. The molecule has 0 unspecified atom stereocenters. The van der Waals surface area contributed by atoms with E-state index in [0.717, 1.165) is 0 Å². The predicted molar refractivity (Wildman–Crippen MR) is 51.2 cm³/mol. The van der Waals surface area contributed by atoms with E-state index in [9.17, 15) is 9.90 Å². The minimum atomic E-state index is -1.49. The predicted octanol–water partition coefficient (Wildman–Crippen LogP) is 2.72. The molecule has 2 N–H and O–H groups in total. The van der Waals surface area contributed by atoms with E-state index in [1.807, 2.05) is 0 Å². The third-order valence-electron chi connectivity index (χ3n) is 1.96. The Balaban J connectivity index is 3.25. The summed E-state index contributed by atoms with van der Waals surface area (Å²) < 4.78 is 4.34. The summed E-state index contributed by atoms with van der Waals surface area (Å²) in [5.74, 6) is -0.347. The number of phenols is 1. The van der Waals surface area contributed by atoms with Gasteiger partial charge in [-0.25, -0.2) is 4.79 Å². The maximum atomic E-state index is 10.3. The molecule has 0 saturated carbocycles. The first-order valence-corrected chi connectivity index (χ1v) is 4.20. The van der Waals surface area contributed by atoms with E-state index < -0.39 is 6.16 Å². The van der Waals surface area contributed by atoms with Crippen molar-refractivity contribution < 1.29 is 19.7 Å². The lowest BCUT2D eigenvalue weighted by atomic mass is 10.1. The normalized spacial score (nSPS) is 9.93. The molecule has 0 bridgehead atoms. The van der Waals surface area contributed by atoms with Gasteiger partial charge in [0.05, 0.1) is 0 Å². The quantitative estimate of drug-likeness (QED) is 0.560. The van der Waals surface area contributed by atoms with Gasteiger partial charge < -0.3 is 14.9 Å². The fraction of sp³-hybridized carbons (Fsp3) is 0.222. The van der Waals surface area contributed by atoms with Crippen LogP contribution in [-0.2, 0) is 0 Å². The summed E-state index contributed by atoms with van der Waals surface area (Å²) in [7, 11) is 0. The highest BCUT2D eigenvalue weighted by molar-refractivity contribution is 6.31. The van der Waals surface area contributed by atoms with E-state index in [2.05, 4.69) is 4.74 Å². The van der Waals surface area contributed by atoms with Crippen LogP contribution in [0.25, 0.3) is 0 Å². The van der Waals surface area contributed by atoms with Crippen molar-refractivity contribution in [3.63, 3.8) is 0 Å². The van der Waals surface area contributed by atoms with Gasteiger partial charge in [0.25, 0.3) is 0 Å². The molecule has 0 spiro atoms. The van der Waals surface area contributed by atoms with Gasteiger partial charge in [-0.1, -0.05) is 11.6 Å². The van der Waals surface area contributed by atoms with Crippen LogP contribution in [0.1, 0.15) is 11.1 Å². The SMILES string of the molecule is Cc1c(Cl)cc(OC(=O)O)c(O)c1C. The summed E-state index contributed by atoms with van der Waals surface area (Å²) >= 11 is 5.79. The topological polar surface area (TPSA) is 66.8 Å². The standard InChI is InChI=1S/C9H9ClO4/c1-4-5(2)8(11)7(3-6(4)10)14-9(12)13/h3,11H,1-2H3,(H,12,13). The van der Waals surface area contributed by atoms with Crippen LogP contribution in [0.3, 0.4) is 0 Å². The van der Waals surface area contributed by atoms with Crippen molar-refractivity contribution in [3.8, 4) is 11.5 Å². The number of phenolic OH excluding ortho intramolecular Hbond substituents is 1. The second-order valence-electron chi connectivity index (χ2n) is 2.82. The molecule has 0 aliphatic carbocycles. The molecular weight excluding hydrogens is 208 g/mol. The van der Waals surface area contributed by atoms with Crippen molar-refractivity contribution in [1.82, 2.24) is 0 Å². The van der Waals surface area contributed by atoms with Crippen LogP contribution in [0.15, 0.2) is 6.07 Å². The first-order valence-electron chi connectivity index (χ1n) is 3.83. The monoisotopic (exact) mass is 216 g/mol. The first kappa shape index (κ1) is 10.7. The van der Waals surface area contributed by atoms with Crippen molar-refractivity contribution in [2.24, 2.45) is 0 Å². The van der Waals surface area contributed by atoms with E-state index in [4.69, 9.17) is 16.7 Å². The van der Waals surface area contributed by atoms with Crippen LogP contribution in [-0.4, -0.2) is 16.4 Å².